The number of carbonyl (C=O) groups is 1. The summed E-state index contributed by atoms with van der Waals surface area (Å²) < 4.78 is 0.952. The number of nitrogens with zero attached hydrogens (tertiary/aromatic N) is 2. The lowest BCUT2D eigenvalue weighted by atomic mass is 10.3. The molecule has 1 saturated heterocycles. The predicted octanol–water partition coefficient (Wildman–Crippen LogP) is 1.76. The highest BCUT2D eigenvalue weighted by molar-refractivity contribution is 9.10. The molecule has 1 aromatic rings. The van der Waals surface area contributed by atoms with Crippen molar-refractivity contribution in [3.8, 4) is 0 Å². The Morgan fingerprint density at radius 1 is 1.50 bits per heavy atom. The number of nitrogens with one attached hydrogen (secondary N) is 1. The number of thioether (sulfide) groups is 1. The predicted molar refractivity (Wildman–Crippen MR) is 76.7 cm³/mol. The van der Waals surface area contributed by atoms with Crippen molar-refractivity contribution in [2.45, 2.75) is 17.2 Å². The average Bonchev–Trinajstić information content (AvgIpc) is 2.41. The van der Waals surface area contributed by atoms with Crippen LogP contribution in [0.15, 0.2) is 27.8 Å². The Bertz CT molecular complexity index is 406. The smallest absolute Gasteiger partial charge is 0.235 e. The van der Waals surface area contributed by atoms with Crippen LogP contribution in [0, 0.1) is 0 Å². The van der Waals surface area contributed by atoms with Crippen LogP contribution in [0.1, 0.15) is 6.92 Å². The Kier molecular flexibility index (Phi) is 5.03. The monoisotopic (exact) mass is 329 g/mol. The van der Waals surface area contributed by atoms with E-state index in [-0.39, 0.29) is 11.2 Å². The first-order valence-electron chi connectivity index (χ1n) is 5.94. The van der Waals surface area contributed by atoms with Crippen molar-refractivity contribution < 1.29 is 4.79 Å². The lowest BCUT2D eigenvalue weighted by Gasteiger charge is -2.29. The van der Waals surface area contributed by atoms with E-state index in [0.29, 0.717) is 0 Å². The molecule has 0 aliphatic carbocycles. The minimum Gasteiger partial charge on any atom is -0.339 e. The zero-order valence-electron chi connectivity index (χ0n) is 10.2. The number of rotatable bonds is 3. The van der Waals surface area contributed by atoms with Crippen molar-refractivity contribution in [1.29, 1.82) is 0 Å². The van der Waals surface area contributed by atoms with E-state index in [9.17, 15) is 4.79 Å². The number of pyridine rings is 1. The van der Waals surface area contributed by atoms with Gasteiger partial charge in [-0.05, 0) is 35.0 Å². The Morgan fingerprint density at radius 2 is 2.22 bits per heavy atom. The summed E-state index contributed by atoms with van der Waals surface area (Å²) in [5.41, 5.74) is 0. The Balaban J connectivity index is 1.92. The van der Waals surface area contributed by atoms with Crippen LogP contribution >= 0.6 is 27.7 Å². The topological polar surface area (TPSA) is 45.2 Å². The zero-order chi connectivity index (χ0) is 13.0. The number of hydrogen-bond acceptors (Lipinski definition) is 4. The molecule has 1 fully saturated rings. The van der Waals surface area contributed by atoms with E-state index in [2.05, 4.69) is 26.2 Å². The van der Waals surface area contributed by atoms with Crippen LogP contribution in [0.3, 0.4) is 0 Å². The van der Waals surface area contributed by atoms with Crippen molar-refractivity contribution in [3.05, 3.63) is 22.8 Å². The molecule has 1 atom stereocenters. The third kappa shape index (κ3) is 3.70. The van der Waals surface area contributed by atoms with E-state index in [1.54, 1.807) is 6.20 Å². The first kappa shape index (κ1) is 13.8. The molecule has 1 aromatic heterocycles. The van der Waals surface area contributed by atoms with Gasteiger partial charge in [0.2, 0.25) is 5.91 Å². The number of carbonyl (C=O) groups excluding carboxylic acids is 1. The molecule has 4 nitrogen and oxygen atoms in total. The van der Waals surface area contributed by atoms with E-state index in [1.807, 2.05) is 24.0 Å². The van der Waals surface area contributed by atoms with Crippen LogP contribution in [-0.4, -0.2) is 47.2 Å². The van der Waals surface area contributed by atoms with Crippen LogP contribution in [0.4, 0.5) is 0 Å². The Hall–Kier alpha value is -0.590. The van der Waals surface area contributed by atoms with Crippen molar-refractivity contribution in [1.82, 2.24) is 15.2 Å². The van der Waals surface area contributed by atoms with Crippen LogP contribution < -0.4 is 5.32 Å². The van der Waals surface area contributed by atoms with Gasteiger partial charge < -0.3 is 10.2 Å². The molecule has 1 amide bonds. The SMILES string of the molecule is CC(Sc1ccc(Br)cn1)C(=O)N1CCNCC1. The van der Waals surface area contributed by atoms with E-state index < -0.39 is 0 Å². The summed E-state index contributed by atoms with van der Waals surface area (Å²) >= 11 is 4.86. The van der Waals surface area contributed by atoms with Gasteiger partial charge in [-0.25, -0.2) is 4.98 Å². The fourth-order valence-corrected chi connectivity index (χ4v) is 2.91. The standard InChI is InChI=1S/C12H16BrN3OS/c1-9(12(17)16-6-4-14-5-7-16)18-11-3-2-10(13)8-15-11/h2-3,8-9,14H,4-7H2,1H3. The van der Waals surface area contributed by atoms with E-state index in [0.717, 1.165) is 35.7 Å². The average molecular weight is 330 g/mol. The molecule has 0 aromatic carbocycles. The third-order valence-corrected chi connectivity index (χ3v) is 4.28. The molecule has 0 saturated carbocycles. The minimum absolute atomic E-state index is 0.0863. The molecule has 1 aliphatic heterocycles. The Labute approximate surface area is 120 Å². The molecular weight excluding hydrogens is 314 g/mol. The van der Waals surface area contributed by atoms with Gasteiger partial charge in [-0.15, -0.1) is 0 Å². The van der Waals surface area contributed by atoms with E-state index in [4.69, 9.17) is 0 Å². The highest BCUT2D eigenvalue weighted by atomic mass is 79.9. The van der Waals surface area contributed by atoms with Gasteiger partial charge in [-0.2, -0.15) is 0 Å². The number of hydrogen-bond donors (Lipinski definition) is 1. The molecular formula is C12H16BrN3OS. The fourth-order valence-electron chi connectivity index (χ4n) is 1.81. The minimum atomic E-state index is -0.0863. The number of piperazine rings is 1. The summed E-state index contributed by atoms with van der Waals surface area (Å²) in [6.07, 6.45) is 1.75. The van der Waals surface area contributed by atoms with Gasteiger partial charge in [0.25, 0.3) is 0 Å². The molecule has 0 radical (unpaired) electrons. The molecule has 2 rings (SSSR count). The quantitative estimate of drug-likeness (QED) is 0.858. The zero-order valence-corrected chi connectivity index (χ0v) is 12.6. The summed E-state index contributed by atoms with van der Waals surface area (Å²) in [6, 6.07) is 3.87. The Morgan fingerprint density at radius 3 is 2.83 bits per heavy atom. The van der Waals surface area contributed by atoms with Gasteiger partial charge in [0.15, 0.2) is 0 Å². The van der Waals surface area contributed by atoms with Gasteiger partial charge in [-0.3, -0.25) is 4.79 Å². The first-order valence-corrected chi connectivity index (χ1v) is 7.62. The van der Waals surface area contributed by atoms with Crippen molar-refractivity contribution in [2.75, 3.05) is 26.2 Å². The molecule has 2 heterocycles. The largest absolute Gasteiger partial charge is 0.339 e. The van der Waals surface area contributed by atoms with Gasteiger partial charge in [0.1, 0.15) is 0 Å². The lowest BCUT2D eigenvalue weighted by Crippen LogP contribution is -2.48. The normalized spacial score (nSPS) is 17.6. The molecule has 98 valence electrons. The molecule has 1 aliphatic rings. The molecule has 1 unspecified atom stereocenters. The summed E-state index contributed by atoms with van der Waals surface area (Å²) in [6.45, 7) is 5.33. The van der Waals surface area contributed by atoms with Gasteiger partial charge in [0, 0.05) is 36.8 Å². The summed E-state index contributed by atoms with van der Waals surface area (Å²) in [4.78, 5) is 18.4. The molecule has 1 N–H and O–H groups in total. The number of halogens is 1. The van der Waals surface area contributed by atoms with Crippen LogP contribution in [0.25, 0.3) is 0 Å². The third-order valence-electron chi connectivity index (χ3n) is 2.77. The van der Waals surface area contributed by atoms with Crippen molar-refractivity contribution in [3.63, 3.8) is 0 Å². The van der Waals surface area contributed by atoms with Crippen molar-refractivity contribution in [2.24, 2.45) is 0 Å². The number of amides is 1. The van der Waals surface area contributed by atoms with Gasteiger partial charge >= 0.3 is 0 Å². The summed E-state index contributed by atoms with van der Waals surface area (Å²) in [7, 11) is 0. The summed E-state index contributed by atoms with van der Waals surface area (Å²) in [5.74, 6) is 0.200. The second kappa shape index (κ2) is 6.54. The molecule has 18 heavy (non-hydrogen) atoms. The second-order valence-electron chi connectivity index (χ2n) is 4.15. The van der Waals surface area contributed by atoms with E-state index in [1.165, 1.54) is 11.8 Å². The molecule has 0 spiro atoms. The maximum atomic E-state index is 12.2. The van der Waals surface area contributed by atoms with Gasteiger partial charge in [0.05, 0.1) is 10.3 Å². The lowest BCUT2D eigenvalue weighted by molar-refractivity contribution is -0.130. The second-order valence-corrected chi connectivity index (χ2v) is 6.43. The van der Waals surface area contributed by atoms with Crippen molar-refractivity contribution >= 4 is 33.6 Å². The van der Waals surface area contributed by atoms with Crippen LogP contribution in [-0.2, 0) is 4.79 Å². The highest BCUT2D eigenvalue weighted by Gasteiger charge is 2.22. The van der Waals surface area contributed by atoms with Crippen LogP contribution in [0.5, 0.6) is 0 Å². The molecule has 0 bridgehead atoms. The van der Waals surface area contributed by atoms with Crippen LogP contribution in [0.2, 0.25) is 0 Å². The maximum Gasteiger partial charge on any atom is 0.235 e. The fraction of sp³-hybridized carbons (Fsp3) is 0.500. The highest BCUT2D eigenvalue weighted by Crippen LogP contribution is 2.23. The summed E-state index contributed by atoms with van der Waals surface area (Å²) in [5, 5.41) is 4.04. The first-order chi connectivity index (χ1) is 8.66. The van der Waals surface area contributed by atoms with Gasteiger partial charge in [-0.1, -0.05) is 11.8 Å². The molecule has 6 heteroatoms. The van der Waals surface area contributed by atoms with E-state index >= 15 is 0 Å². The number of aromatic nitrogens is 1. The maximum absolute atomic E-state index is 12.2.